The first kappa shape index (κ1) is 16.3. The number of piperidine rings is 1. The largest absolute Gasteiger partial charge is 0.387 e. The number of hydrogen-bond donors (Lipinski definition) is 1. The van der Waals surface area contributed by atoms with Crippen LogP contribution in [0.2, 0.25) is 0 Å². The fraction of sp³-hybridized carbons (Fsp3) is 0.381. The van der Waals surface area contributed by atoms with E-state index in [1.165, 1.54) is 16.5 Å². The number of aromatic nitrogens is 2. The zero-order chi connectivity index (χ0) is 17.2. The second-order valence-electron chi connectivity index (χ2n) is 7.10. The SMILES string of the molecule is Cn1cc(CN2CCC([C@H](O)c3ccccn3)CC2)c2ccccc21. The summed E-state index contributed by atoms with van der Waals surface area (Å²) >= 11 is 0. The highest BCUT2D eigenvalue weighted by atomic mass is 16.3. The molecule has 4 nitrogen and oxygen atoms in total. The second kappa shape index (κ2) is 6.98. The lowest BCUT2D eigenvalue weighted by Gasteiger charge is -2.34. The third-order valence-corrected chi connectivity index (χ3v) is 5.44. The van der Waals surface area contributed by atoms with Crippen LogP contribution in [0.25, 0.3) is 10.9 Å². The van der Waals surface area contributed by atoms with Crippen molar-refractivity contribution in [3.8, 4) is 0 Å². The Labute approximate surface area is 148 Å². The number of benzene rings is 1. The number of hydrogen-bond acceptors (Lipinski definition) is 3. The van der Waals surface area contributed by atoms with Gasteiger partial charge in [0.15, 0.2) is 0 Å². The van der Waals surface area contributed by atoms with Crippen molar-refractivity contribution in [2.24, 2.45) is 13.0 Å². The highest BCUT2D eigenvalue weighted by Crippen LogP contribution is 2.31. The monoisotopic (exact) mass is 335 g/mol. The molecule has 0 saturated carbocycles. The summed E-state index contributed by atoms with van der Waals surface area (Å²) in [6.45, 7) is 3.03. The maximum Gasteiger partial charge on any atom is 0.0988 e. The number of para-hydroxylation sites is 1. The minimum Gasteiger partial charge on any atom is -0.387 e. The van der Waals surface area contributed by atoms with Gasteiger partial charge in [-0.2, -0.15) is 0 Å². The summed E-state index contributed by atoms with van der Waals surface area (Å²) in [4.78, 5) is 6.81. The molecule has 4 heteroatoms. The van der Waals surface area contributed by atoms with E-state index in [4.69, 9.17) is 0 Å². The topological polar surface area (TPSA) is 41.3 Å². The lowest BCUT2D eigenvalue weighted by molar-refractivity contribution is 0.0541. The summed E-state index contributed by atoms with van der Waals surface area (Å²) in [5.41, 5.74) is 3.48. The van der Waals surface area contributed by atoms with Crippen molar-refractivity contribution < 1.29 is 5.11 Å². The van der Waals surface area contributed by atoms with Gasteiger partial charge in [0, 0.05) is 36.9 Å². The number of likely N-dealkylation sites (tertiary alicyclic amines) is 1. The van der Waals surface area contributed by atoms with E-state index in [2.05, 4.69) is 52.0 Å². The van der Waals surface area contributed by atoms with Gasteiger partial charge in [0.05, 0.1) is 11.8 Å². The Morgan fingerprint density at radius 2 is 1.88 bits per heavy atom. The Hall–Kier alpha value is -2.17. The number of nitrogens with zero attached hydrogens (tertiary/aromatic N) is 3. The highest BCUT2D eigenvalue weighted by molar-refractivity contribution is 5.83. The maximum atomic E-state index is 10.6. The molecule has 1 atom stereocenters. The van der Waals surface area contributed by atoms with Crippen molar-refractivity contribution in [3.63, 3.8) is 0 Å². The molecule has 0 radical (unpaired) electrons. The molecule has 3 aromatic rings. The first-order valence-electron chi connectivity index (χ1n) is 9.06. The van der Waals surface area contributed by atoms with Crippen LogP contribution in [0.15, 0.2) is 54.9 Å². The third-order valence-electron chi connectivity index (χ3n) is 5.44. The fourth-order valence-electron chi connectivity index (χ4n) is 4.01. The predicted octanol–water partition coefficient (Wildman–Crippen LogP) is 3.52. The Balaban J connectivity index is 1.40. The van der Waals surface area contributed by atoms with Crippen molar-refractivity contribution in [3.05, 3.63) is 66.1 Å². The molecule has 1 saturated heterocycles. The molecule has 1 aromatic carbocycles. The highest BCUT2D eigenvalue weighted by Gasteiger charge is 2.27. The van der Waals surface area contributed by atoms with Gasteiger partial charge >= 0.3 is 0 Å². The Kier molecular flexibility index (Phi) is 4.55. The molecule has 1 aliphatic rings. The molecule has 1 N–H and O–H groups in total. The fourth-order valence-corrected chi connectivity index (χ4v) is 4.01. The van der Waals surface area contributed by atoms with Crippen LogP contribution in [0.1, 0.15) is 30.2 Å². The normalized spacial score (nSPS) is 17.8. The lowest BCUT2D eigenvalue weighted by atomic mass is 9.89. The minimum atomic E-state index is -0.444. The first-order valence-corrected chi connectivity index (χ1v) is 9.06. The number of pyridine rings is 1. The quantitative estimate of drug-likeness (QED) is 0.793. The molecule has 0 unspecified atom stereocenters. The van der Waals surface area contributed by atoms with E-state index in [0.29, 0.717) is 5.92 Å². The van der Waals surface area contributed by atoms with E-state index < -0.39 is 6.10 Å². The number of rotatable bonds is 4. The molecule has 0 bridgehead atoms. The smallest absolute Gasteiger partial charge is 0.0988 e. The van der Waals surface area contributed by atoms with E-state index >= 15 is 0 Å². The maximum absolute atomic E-state index is 10.6. The van der Waals surface area contributed by atoms with Gasteiger partial charge in [-0.25, -0.2) is 0 Å². The molecule has 0 spiro atoms. The van der Waals surface area contributed by atoms with Crippen LogP contribution in [-0.4, -0.2) is 32.6 Å². The second-order valence-corrected chi connectivity index (χ2v) is 7.10. The first-order chi connectivity index (χ1) is 12.2. The summed E-state index contributed by atoms with van der Waals surface area (Å²) in [5, 5.41) is 11.9. The molecule has 3 heterocycles. The van der Waals surface area contributed by atoms with E-state index in [9.17, 15) is 5.11 Å². The van der Waals surface area contributed by atoms with Gasteiger partial charge in [-0.15, -0.1) is 0 Å². The number of aliphatic hydroxyl groups is 1. The van der Waals surface area contributed by atoms with E-state index in [1.54, 1.807) is 6.20 Å². The average Bonchev–Trinajstić information content (AvgIpc) is 2.98. The van der Waals surface area contributed by atoms with Crippen molar-refractivity contribution in [1.29, 1.82) is 0 Å². The van der Waals surface area contributed by atoms with Crippen LogP contribution in [0, 0.1) is 5.92 Å². The zero-order valence-corrected chi connectivity index (χ0v) is 14.7. The van der Waals surface area contributed by atoms with Crippen molar-refractivity contribution in [2.45, 2.75) is 25.5 Å². The number of aryl methyl sites for hydroxylation is 1. The molecular weight excluding hydrogens is 310 g/mol. The number of aliphatic hydroxyl groups excluding tert-OH is 1. The molecule has 1 aliphatic heterocycles. The Bertz CT molecular complexity index is 835. The van der Waals surface area contributed by atoms with Gasteiger partial charge < -0.3 is 9.67 Å². The van der Waals surface area contributed by atoms with Crippen LogP contribution < -0.4 is 0 Å². The van der Waals surface area contributed by atoms with Crippen molar-refractivity contribution in [2.75, 3.05) is 13.1 Å². The van der Waals surface area contributed by atoms with Crippen LogP contribution in [0.5, 0.6) is 0 Å². The summed E-state index contributed by atoms with van der Waals surface area (Å²) in [7, 11) is 2.11. The van der Waals surface area contributed by atoms with E-state index in [1.807, 2.05) is 18.2 Å². The summed E-state index contributed by atoms with van der Waals surface area (Å²) < 4.78 is 2.21. The zero-order valence-electron chi connectivity index (χ0n) is 14.7. The predicted molar refractivity (Wildman–Crippen MR) is 100 cm³/mol. The van der Waals surface area contributed by atoms with Gasteiger partial charge in [-0.05, 0) is 55.6 Å². The molecule has 2 aromatic heterocycles. The van der Waals surface area contributed by atoms with Crippen molar-refractivity contribution >= 4 is 10.9 Å². The molecule has 130 valence electrons. The van der Waals surface area contributed by atoms with Crippen LogP contribution in [0.3, 0.4) is 0 Å². The molecule has 4 rings (SSSR count). The van der Waals surface area contributed by atoms with Crippen LogP contribution in [0.4, 0.5) is 0 Å². The van der Waals surface area contributed by atoms with E-state index in [-0.39, 0.29) is 0 Å². The van der Waals surface area contributed by atoms with Crippen molar-refractivity contribution in [1.82, 2.24) is 14.5 Å². The summed E-state index contributed by atoms with van der Waals surface area (Å²) in [6, 6.07) is 14.4. The molecule has 0 amide bonds. The molecule has 0 aliphatic carbocycles. The summed E-state index contributed by atoms with van der Waals surface area (Å²) in [6.07, 6.45) is 5.60. The lowest BCUT2D eigenvalue weighted by Crippen LogP contribution is -2.35. The van der Waals surface area contributed by atoms with Gasteiger partial charge in [0.1, 0.15) is 0 Å². The van der Waals surface area contributed by atoms with Crippen LogP contribution in [-0.2, 0) is 13.6 Å². The third kappa shape index (κ3) is 3.32. The minimum absolute atomic E-state index is 0.304. The standard InChI is InChI=1S/C21H25N3O/c1-23-14-17(18-6-2-3-8-20(18)23)15-24-12-9-16(10-13-24)21(25)19-7-4-5-11-22-19/h2-8,11,14,16,21,25H,9-10,12-13,15H2,1H3/t21-/m0/s1. The van der Waals surface area contributed by atoms with Gasteiger partial charge in [-0.1, -0.05) is 24.3 Å². The van der Waals surface area contributed by atoms with E-state index in [0.717, 1.165) is 38.2 Å². The Morgan fingerprint density at radius 3 is 2.64 bits per heavy atom. The van der Waals surface area contributed by atoms with Gasteiger partial charge in [0.2, 0.25) is 0 Å². The van der Waals surface area contributed by atoms with Crippen LogP contribution >= 0.6 is 0 Å². The Morgan fingerprint density at radius 1 is 1.12 bits per heavy atom. The molecular formula is C21H25N3O. The number of fused-ring (bicyclic) bond motifs is 1. The molecule has 25 heavy (non-hydrogen) atoms. The summed E-state index contributed by atoms with van der Waals surface area (Å²) in [5.74, 6) is 0.304. The van der Waals surface area contributed by atoms with Gasteiger partial charge in [0.25, 0.3) is 0 Å². The van der Waals surface area contributed by atoms with Gasteiger partial charge in [-0.3, -0.25) is 9.88 Å². The molecule has 1 fully saturated rings. The average molecular weight is 335 g/mol.